The van der Waals surface area contributed by atoms with Crippen LogP contribution in [-0.2, 0) is 0 Å². The maximum absolute atomic E-state index is 13.0. The van der Waals surface area contributed by atoms with Crippen molar-refractivity contribution in [1.82, 2.24) is 4.98 Å². The number of carbonyl (C=O) groups excluding carboxylic acids is 1. The molecule has 1 aromatic heterocycles. The Morgan fingerprint density at radius 1 is 1.22 bits per heavy atom. The second-order valence-corrected chi connectivity index (χ2v) is 3.50. The standard InChI is InChI=1S/C13H9FN2O2/c14-10-6-7-15-11(8-10)12(16-18)13(17)9-4-2-1-3-5-9/h1-8,18H. The van der Waals surface area contributed by atoms with Crippen LogP contribution in [0.1, 0.15) is 16.1 Å². The van der Waals surface area contributed by atoms with Crippen LogP contribution in [0.3, 0.4) is 0 Å². The quantitative estimate of drug-likeness (QED) is 0.390. The van der Waals surface area contributed by atoms with Crippen molar-refractivity contribution in [2.24, 2.45) is 5.16 Å². The van der Waals surface area contributed by atoms with Crippen LogP contribution in [0.4, 0.5) is 4.39 Å². The van der Waals surface area contributed by atoms with Crippen molar-refractivity contribution >= 4 is 11.5 Å². The van der Waals surface area contributed by atoms with Crippen molar-refractivity contribution in [1.29, 1.82) is 0 Å². The number of carbonyl (C=O) groups is 1. The normalized spacial score (nSPS) is 11.3. The second kappa shape index (κ2) is 5.18. The van der Waals surface area contributed by atoms with Gasteiger partial charge in [-0.2, -0.15) is 0 Å². The molecule has 0 saturated carbocycles. The van der Waals surface area contributed by atoms with Crippen molar-refractivity contribution in [2.45, 2.75) is 0 Å². The average molecular weight is 244 g/mol. The summed E-state index contributed by atoms with van der Waals surface area (Å²) in [5, 5.41) is 11.8. The van der Waals surface area contributed by atoms with E-state index in [0.29, 0.717) is 5.56 Å². The monoisotopic (exact) mass is 244 g/mol. The Morgan fingerprint density at radius 2 is 1.94 bits per heavy atom. The molecule has 2 aromatic rings. The first-order chi connectivity index (χ1) is 8.72. The number of oxime groups is 1. The highest BCUT2D eigenvalue weighted by Gasteiger charge is 2.18. The number of aromatic nitrogens is 1. The average Bonchev–Trinajstić information content (AvgIpc) is 2.40. The van der Waals surface area contributed by atoms with E-state index in [9.17, 15) is 9.18 Å². The van der Waals surface area contributed by atoms with Gasteiger partial charge in [-0.3, -0.25) is 9.78 Å². The predicted octanol–water partition coefficient (Wildman–Crippen LogP) is 2.28. The molecule has 18 heavy (non-hydrogen) atoms. The van der Waals surface area contributed by atoms with E-state index in [1.165, 1.54) is 6.20 Å². The third kappa shape index (κ3) is 2.40. The molecule has 0 aliphatic heterocycles. The van der Waals surface area contributed by atoms with Crippen LogP contribution in [0.15, 0.2) is 53.8 Å². The van der Waals surface area contributed by atoms with Crippen LogP contribution in [0.5, 0.6) is 0 Å². The molecule has 5 heteroatoms. The molecule has 0 unspecified atom stereocenters. The summed E-state index contributed by atoms with van der Waals surface area (Å²) in [6, 6.07) is 10.5. The van der Waals surface area contributed by atoms with Gasteiger partial charge in [-0.25, -0.2) is 4.39 Å². The number of rotatable bonds is 3. The van der Waals surface area contributed by atoms with Crippen LogP contribution in [0.25, 0.3) is 0 Å². The molecular formula is C13H9FN2O2. The Morgan fingerprint density at radius 3 is 2.56 bits per heavy atom. The lowest BCUT2D eigenvalue weighted by Crippen LogP contribution is -2.17. The summed E-state index contributed by atoms with van der Waals surface area (Å²) in [5.41, 5.74) is 0.0448. The lowest BCUT2D eigenvalue weighted by Gasteiger charge is -2.03. The molecule has 90 valence electrons. The highest BCUT2D eigenvalue weighted by atomic mass is 19.1. The molecule has 0 atom stereocenters. The lowest BCUT2D eigenvalue weighted by atomic mass is 10.0. The summed E-state index contributed by atoms with van der Waals surface area (Å²) < 4.78 is 13.0. The Kier molecular flexibility index (Phi) is 3.43. The molecule has 1 heterocycles. The van der Waals surface area contributed by atoms with E-state index < -0.39 is 11.6 Å². The van der Waals surface area contributed by atoms with Crippen LogP contribution < -0.4 is 0 Å². The maximum Gasteiger partial charge on any atom is 0.216 e. The zero-order chi connectivity index (χ0) is 13.0. The molecule has 0 amide bonds. The first-order valence-electron chi connectivity index (χ1n) is 5.16. The van der Waals surface area contributed by atoms with Crippen LogP contribution in [0.2, 0.25) is 0 Å². The third-order valence-corrected chi connectivity index (χ3v) is 2.32. The first kappa shape index (κ1) is 11.9. The van der Waals surface area contributed by atoms with E-state index in [0.717, 1.165) is 12.1 Å². The summed E-state index contributed by atoms with van der Waals surface area (Å²) in [7, 11) is 0. The van der Waals surface area contributed by atoms with E-state index in [1.54, 1.807) is 30.3 Å². The third-order valence-electron chi connectivity index (χ3n) is 2.32. The summed E-state index contributed by atoms with van der Waals surface area (Å²) in [4.78, 5) is 15.8. The number of Topliss-reactive ketones (excluding diaryl/α,β-unsaturated/α-hetero) is 1. The number of nitrogens with zero attached hydrogens (tertiary/aromatic N) is 2. The van der Waals surface area contributed by atoms with Gasteiger partial charge in [0, 0.05) is 17.8 Å². The van der Waals surface area contributed by atoms with E-state index in [-0.39, 0.29) is 11.4 Å². The van der Waals surface area contributed by atoms with Crippen LogP contribution in [0, 0.1) is 5.82 Å². The molecule has 0 aliphatic rings. The number of hydrogen-bond acceptors (Lipinski definition) is 4. The molecule has 2 rings (SSSR count). The smallest absolute Gasteiger partial charge is 0.216 e. The van der Waals surface area contributed by atoms with E-state index in [1.807, 2.05) is 0 Å². The highest BCUT2D eigenvalue weighted by molar-refractivity contribution is 6.50. The molecule has 0 spiro atoms. The summed E-state index contributed by atoms with van der Waals surface area (Å²) >= 11 is 0. The van der Waals surface area contributed by atoms with Gasteiger partial charge in [0.25, 0.3) is 0 Å². The first-order valence-corrected chi connectivity index (χ1v) is 5.16. The minimum atomic E-state index is -0.554. The van der Waals surface area contributed by atoms with Gasteiger partial charge in [-0.05, 0) is 6.07 Å². The number of benzene rings is 1. The van der Waals surface area contributed by atoms with Crippen LogP contribution >= 0.6 is 0 Å². The molecule has 0 aliphatic carbocycles. The SMILES string of the molecule is O=C(C(=NO)c1cc(F)ccn1)c1ccccc1. The van der Waals surface area contributed by atoms with Gasteiger partial charge in [0.05, 0.1) is 5.69 Å². The molecule has 1 aromatic carbocycles. The van der Waals surface area contributed by atoms with Crippen molar-refractivity contribution in [3.8, 4) is 0 Å². The fourth-order valence-corrected chi connectivity index (χ4v) is 1.47. The van der Waals surface area contributed by atoms with Crippen LogP contribution in [-0.4, -0.2) is 21.7 Å². The fraction of sp³-hybridized carbons (Fsp3) is 0. The van der Waals surface area contributed by atoms with Gasteiger partial charge in [0.15, 0.2) is 5.71 Å². The van der Waals surface area contributed by atoms with Crippen molar-refractivity contribution in [2.75, 3.05) is 0 Å². The minimum absolute atomic E-state index is 0.00801. The van der Waals surface area contributed by atoms with E-state index in [4.69, 9.17) is 5.21 Å². The molecule has 0 radical (unpaired) electrons. The Bertz CT molecular complexity index is 597. The van der Waals surface area contributed by atoms with Crippen molar-refractivity contribution < 1.29 is 14.4 Å². The fourth-order valence-electron chi connectivity index (χ4n) is 1.47. The lowest BCUT2D eigenvalue weighted by molar-refractivity contribution is 0.106. The molecule has 1 N–H and O–H groups in total. The van der Waals surface area contributed by atoms with Gasteiger partial charge in [0.2, 0.25) is 5.78 Å². The van der Waals surface area contributed by atoms with Gasteiger partial charge < -0.3 is 5.21 Å². The molecule has 0 saturated heterocycles. The Balaban J connectivity index is 2.39. The summed E-state index contributed by atoms with van der Waals surface area (Å²) in [6.07, 6.45) is 1.20. The summed E-state index contributed by atoms with van der Waals surface area (Å²) in [5.74, 6) is -1.07. The van der Waals surface area contributed by atoms with Gasteiger partial charge in [-0.15, -0.1) is 0 Å². The number of halogens is 1. The maximum atomic E-state index is 13.0. The molecular weight excluding hydrogens is 235 g/mol. The zero-order valence-electron chi connectivity index (χ0n) is 9.25. The van der Waals surface area contributed by atoms with E-state index >= 15 is 0 Å². The Labute approximate surface area is 102 Å². The molecule has 4 nitrogen and oxygen atoms in total. The number of hydrogen-bond donors (Lipinski definition) is 1. The van der Waals surface area contributed by atoms with Gasteiger partial charge in [-0.1, -0.05) is 35.5 Å². The zero-order valence-corrected chi connectivity index (χ0v) is 9.25. The largest absolute Gasteiger partial charge is 0.410 e. The van der Waals surface area contributed by atoms with Crippen molar-refractivity contribution in [3.05, 3.63) is 65.7 Å². The topological polar surface area (TPSA) is 62.5 Å². The second-order valence-electron chi connectivity index (χ2n) is 3.50. The van der Waals surface area contributed by atoms with Crippen molar-refractivity contribution in [3.63, 3.8) is 0 Å². The molecule has 0 fully saturated rings. The predicted molar refractivity (Wildman–Crippen MR) is 63.3 cm³/mol. The number of pyridine rings is 1. The van der Waals surface area contributed by atoms with E-state index in [2.05, 4.69) is 10.1 Å². The summed E-state index contributed by atoms with van der Waals surface area (Å²) in [6.45, 7) is 0. The van der Waals surface area contributed by atoms with Gasteiger partial charge >= 0.3 is 0 Å². The Hall–Kier alpha value is -2.56. The minimum Gasteiger partial charge on any atom is -0.410 e. The number of ketones is 1. The highest BCUT2D eigenvalue weighted by Crippen LogP contribution is 2.08. The molecule has 0 bridgehead atoms. The van der Waals surface area contributed by atoms with Gasteiger partial charge in [0.1, 0.15) is 5.82 Å².